The number of rotatable bonds is 6. The van der Waals surface area contributed by atoms with E-state index in [0.29, 0.717) is 13.2 Å². The van der Waals surface area contributed by atoms with Gasteiger partial charge < -0.3 is 29.3 Å². The number of hydrogen-bond donors (Lipinski definition) is 1. The van der Waals surface area contributed by atoms with E-state index in [1.807, 2.05) is 24.3 Å². The van der Waals surface area contributed by atoms with E-state index in [2.05, 4.69) is 32.0 Å². The third-order valence-electron chi connectivity index (χ3n) is 4.71. The van der Waals surface area contributed by atoms with E-state index in [1.165, 1.54) is 0 Å². The van der Waals surface area contributed by atoms with E-state index < -0.39 is 0 Å². The molecule has 1 aromatic heterocycles. The van der Waals surface area contributed by atoms with Gasteiger partial charge in [0, 0.05) is 51.2 Å². The molecule has 0 aliphatic carbocycles. The van der Waals surface area contributed by atoms with Crippen LogP contribution < -0.4 is 24.4 Å². The molecule has 0 amide bonds. The summed E-state index contributed by atoms with van der Waals surface area (Å²) in [7, 11) is 0. The van der Waals surface area contributed by atoms with Crippen molar-refractivity contribution in [1.82, 2.24) is 20.2 Å². The zero-order chi connectivity index (χ0) is 19.9. The van der Waals surface area contributed by atoms with E-state index in [4.69, 9.17) is 19.2 Å². The number of hydrogen-bond acceptors (Lipinski definition) is 7. The quantitative estimate of drug-likeness (QED) is 0.265. The topological polar surface area (TPSA) is 84.3 Å². The molecule has 1 aromatic carbocycles. The van der Waals surface area contributed by atoms with Crippen molar-refractivity contribution in [1.29, 1.82) is 0 Å². The molecular weight excluding hydrogens is 499 g/mol. The summed E-state index contributed by atoms with van der Waals surface area (Å²) in [6, 6.07) is 7.43. The summed E-state index contributed by atoms with van der Waals surface area (Å²) in [6.45, 7) is 7.69. The third-order valence-corrected chi connectivity index (χ3v) is 4.71. The second-order valence-corrected chi connectivity index (χ2v) is 6.62. The standard InChI is InChI=1S/C20H26N6O3.HI/c1-2-21-19(25-9-11-26(12-10-25)20-22-6-3-7-23-20)24-8-13-27-16-4-5-17-18(14-16)29-15-28-17;/h3-7,14H,2,8-13,15H2,1H3,(H,21,24);1H. The maximum atomic E-state index is 5.81. The molecule has 30 heavy (non-hydrogen) atoms. The molecule has 162 valence electrons. The Labute approximate surface area is 193 Å². The number of aliphatic imine (C=N–C) groups is 1. The van der Waals surface area contributed by atoms with Gasteiger partial charge in [-0.25, -0.2) is 15.0 Å². The van der Waals surface area contributed by atoms with Crippen molar-refractivity contribution >= 4 is 35.9 Å². The highest BCUT2D eigenvalue weighted by molar-refractivity contribution is 14.0. The van der Waals surface area contributed by atoms with Crippen LogP contribution in [-0.2, 0) is 0 Å². The molecule has 10 heteroatoms. The predicted octanol–water partition coefficient (Wildman–Crippen LogP) is 1.99. The highest BCUT2D eigenvalue weighted by Gasteiger charge is 2.21. The number of fused-ring (bicyclic) bond motifs is 1. The van der Waals surface area contributed by atoms with Crippen molar-refractivity contribution in [2.75, 3.05) is 57.6 Å². The van der Waals surface area contributed by atoms with Crippen LogP contribution in [0.25, 0.3) is 0 Å². The van der Waals surface area contributed by atoms with Crippen LogP contribution in [0.1, 0.15) is 6.92 Å². The maximum absolute atomic E-state index is 5.81. The SMILES string of the molecule is CCNC(=NCCOc1ccc2c(c1)OCO2)N1CCN(c2ncccn2)CC1.I. The number of nitrogens with zero attached hydrogens (tertiary/aromatic N) is 5. The Morgan fingerprint density at radius 1 is 1.13 bits per heavy atom. The molecule has 1 saturated heterocycles. The van der Waals surface area contributed by atoms with E-state index in [1.54, 1.807) is 12.4 Å². The fraction of sp³-hybridized carbons (Fsp3) is 0.450. The first-order valence-electron chi connectivity index (χ1n) is 9.91. The van der Waals surface area contributed by atoms with Crippen molar-refractivity contribution in [2.24, 2.45) is 4.99 Å². The number of anilines is 1. The maximum Gasteiger partial charge on any atom is 0.231 e. The average Bonchev–Trinajstić information content (AvgIpc) is 3.25. The summed E-state index contributed by atoms with van der Waals surface area (Å²) >= 11 is 0. The van der Waals surface area contributed by atoms with Crippen molar-refractivity contribution in [3.63, 3.8) is 0 Å². The molecule has 0 atom stereocenters. The van der Waals surface area contributed by atoms with Gasteiger partial charge in [-0.2, -0.15) is 0 Å². The predicted molar refractivity (Wildman–Crippen MR) is 125 cm³/mol. The lowest BCUT2D eigenvalue weighted by molar-refractivity contribution is 0.173. The molecule has 0 spiro atoms. The number of guanidine groups is 1. The molecule has 1 N–H and O–H groups in total. The van der Waals surface area contributed by atoms with Gasteiger partial charge in [-0.15, -0.1) is 24.0 Å². The minimum absolute atomic E-state index is 0. The van der Waals surface area contributed by atoms with Gasteiger partial charge in [0.05, 0.1) is 6.54 Å². The van der Waals surface area contributed by atoms with Gasteiger partial charge in [-0.05, 0) is 25.1 Å². The Morgan fingerprint density at radius 2 is 1.90 bits per heavy atom. The molecule has 3 heterocycles. The number of nitrogens with one attached hydrogen (secondary N) is 1. The zero-order valence-electron chi connectivity index (χ0n) is 17.0. The minimum atomic E-state index is 0. The van der Waals surface area contributed by atoms with Gasteiger partial charge in [0.1, 0.15) is 12.4 Å². The van der Waals surface area contributed by atoms with Gasteiger partial charge >= 0.3 is 0 Å². The second-order valence-electron chi connectivity index (χ2n) is 6.62. The first-order valence-corrected chi connectivity index (χ1v) is 9.91. The molecule has 0 saturated carbocycles. The molecule has 2 aliphatic rings. The highest BCUT2D eigenvalue weighted by Crippen LogP contribution is 2.34. The lowest BCUT2D eigenvalue weighted by atomic mass is 10.3. The normalized spacial score (nSPS) is 15.6. The summed E-state index contributed by atoms with van der Waals surface area (Å²) in [5.74, 6) is 3.93. The number of ether oxygens (including phenoxy) is 3. The number of piperazine rings is 1. The van der Waals surface area contributed by atoms with Crippen molar-refractivity contribution in [2.45, 2.75) is 6.92 Å². The summed E-state index contributed by atoms with van der Waals surface area (Å²) in [5, 5.41) is 3.37. The van der Waals surface area contributed by atoms with Gasteiger partial charge in [-0.1, -0.05) is 0 Å². The van der Waals surface area contributed by atoms with Crippen LogP contribution in [0.2, 0.25) is 0 Å². The van der Waals surface area contributed by atoms with Crippen LogP contribution in [0.4, 0.5) is 5.95 Å². The van der Waals surface area contributed by atoms with E-state index in [9.17, 15) is 0 Å². The lowest BCUT2D eigenvalue weighted by Crippen LogP contribution is -2.53. The Kier molecular flexibility index (Phi) is 8.17. The summed E-state index contributed by atoms with van der Waals surface area (Å²) in [5.41, 5.74) is 0. The van der Waals surface area contributed by atoms with Gasteiger partial charge in [0.2, 0.25) is 12.7 Å². The van der Waals surface area contributed by atoms with Crippen molar-refractivity contribution in [3.8, 4) is 17.2 Å². The average molecular weight is 526 g/mol. The smallest absolute Gasteiger partial charge is 0.231 e. The fourth-order valence-electron chi connectivity index (χ4n) is 3.28. The molecule has 0 radical (unpaired) electrons. The van der Waals surface area contributed by atoms with Crippen LogP contribution in [0.3, 0.4) is 0 Å². The monoisotopic (exact) mass is 526 g/mol. The Morgan fingerprint density at radius 3 is 2.67 bits per heavy atom. The molecule has 2 aliphatic heterocycles. The molecule has 2 aromatic rings. The van der Waals surface area contributed by atoms with Crippen molar-refractivity contribution in [3.05, 3.63) is 36.7 Å². The first-order chi connectivity index (χ1) is 14.3. The third kappa shape index (κ3) is 5.55. The molecule has 9 nitrogen and oxygen atoms in total. The highest BCUT2D eigenvalue weighted by atomic mass is 127. The summed E-state index contributed by atoms with van der Waals surface area (Å²) < 4.78 is 16.5. The van der Waals surface area contributed by atoms with Crippen LogP contribution in [0.15, 0.2) is 41.7 Å². The Hall–Kier alpha value is -2.50. The van der Waals surface area contributed by atoms with Crippen molar-refractivity contribution < 1.29 is 14.2 Å². The first kappa shape index (κ1) is 22.2. The minimum Gasteiger partial charge on any atom is -0.492 e. The van der Waals surface area contributed by atoms with Gasteiger partial charge in [0.15, 0.2) is 17.5 Å². The second kappa shape index (κ2) is 11.0. The molecule has 0 unspecified atom stereocenters. The van der Waals surface area contributed by atoms with E-state index >= 15 is 0 Å². The van der Waals surface area contributed by atoms with Gasteiger partial charge in [-0.3, -0.25) is 0 Å². The van der Waals surface area contributed by atoms with Crippen LogP contribution in [0, 0.1) is 0 Å². The van der Waals surface area contributed by atoms with Gasteiger partial charge in [0.25, 0.3) is 0 Å². The number of aromatic nitrogens is 2. The van der Waals surface area contributed by atoms with Crippen LogP contribution in [0.5, 0.6) is 17.2 Å². The zero-order valence-corrected chi connectivity index (χ0v) is 19.3. The molecule has 4 rings (SSSR count). The van der Waals surface area contributed by atoms with E-state index in [-0.39, 0.29) is 30.8 Å². The summed E-state index contributed by atoms with van der Waals surface area (Å²) in [4.78, 5) is 17.9. The summed E-state index contributed by atoms with van der Waals surface area (Å²) in [6.07, 6.45) is 3.56. The molecule has 0 bridgehead atoms. The molecular formula is C20H27IN6O3. The molecule has 1 fully saturated rings. The van der Waals surface area contributed by atoms with Crippen LogP contribution in [-0.4, -0.2) is 73.5 Å². The van der Waals surface area contributed by atoms with Crippen LogP contribution >= 0.6 is 24.0 Å². The lowest BCUT2D eigenvalue weighted by Gasteiger charge is -2.36. The Balaban J connectivity index is 0.00000256. The largest absolute Gasteiger partial charge is 0.492 e. The number of benzene rings is 1. The fourth-order valence-corrected chi connectivity index (χ4v) is 3.28. The number of halogens is 1. The van der Waals surface area contributed by atoms with E-state index in [0.717, 1.165) is 61.9 Å². The Bertz CT molecular complexity index is 831.